The third kappa shape index (κ3) is 1.93. The first-order chi connectivity index (χ1) is 6.81. The predicted molar refractivity (Wildman–Crippen MR) is 63.6 cm³/mol. The second-order valence-corrected chi connectivity index (χ2v) is 4.84. The van der Waals surface area contributed by atoms with Crippen molar-refractivity contribution < 1.29 is 0 Å². The van der Waals surface area contributed by atoms with Gasteiger partial charge in [-0.15, -0.1) is 5.10 Å². The van der Waals surface area contributed by atoms with Gasteiger partial charge >= 0.3 is 0 Å². The third-order valence-electron chi connectivity index (χ3n) is 1.98. The lowest BCUT2D eigenvalue weighted by atomic mass is 10.3. The van der Waals surface area contributed by atoms with Crippen LogP contribution in [0.5, 0.6) is 0 Å². The monoisotopic (exact) mass is 271 g/mol. The molecule has 0 radical (unpaired) electrons. The van der Waals surface area contributed by atoms with Crippen LogP contribution in [0.4, 0.5) is 0 Å². The first-order valence-corrected chi connectivity index (χ1v) is 6.47. The van der Waals surface area contributed by atoms with E-state index >= 15 is 0 Å². The van der Waals surface area contributed by atoms with Gasteiger partial charge in [0.2, 0.25) is 0 Å². The number of halogens is 1. The Hall–Kier alpha value is -0.550. The molecule has 0 saturated carbocycles. The van der Waals surface area contributed by atoms with E-state index in [1.54, 1.807) is 0 Å². The normalized spacial score (nSPS) is 11.0. The fourth-order valence-electron chi connectivity index (χ4n) is 1.28. The highest BCUT2D eigenvalue weighted by atomic mass is 79.9. The van der Waals surface area contributed by atoms with Crippen molar-refractivity contribution in [3.05, 3.63) is 22.7 Å². The number of thioether (sulfide) groups is 1. The number of hydrogen-bond acceptors (Lipinski definition) is 3. The fourth-order valence-corrected chi connectivity index (χ4v) is 1.99. The lowest BCUT2D eigenvalue weighted by Gasteiger charge is -1.99. The fraction of sp³-hybridized carbons (Fsp3) is 0.333. The Bertz CT molecular complexity index is 441. The van der Waals surface area contributed by atoms with Crippen molar-refractivity contribution >= 4 is 38.7 Å². The van der Waals surface area contributed by atoms with E-state index in [0.717, 1.165) is 27.8 Å². The van der Waals surface area contributed by atoms with Crippen molar-refractivity contribution in [2.24, 2.45) is 0 Å². The molecule has 1 aromatic carbocycles. The summed E-state index contributed by atoms with van der Waals surface area (Å²) in [6, 6.07) is 6.01. The van der Waals surface area contributed by atoms with Crippen LogP contribution in [0.1, 0.15) is 0 Å². The van der Waals surface area contributed by atoms with Crippen molar-refractivity contribution in [1.82, 2.24) is 15.0 Å². The molecule has 0 saturated heterocycles. The summed E-state index contributed by atoms with van der Waals surface area (Å²) in [4.78, 5) is 0. The van der Waals surface area contributed by atoms with Crippen molar-refractivity contribution in [3.63, 3.8) is 0 Å². The molecule has 2 aromatic rings. The van der Waals surface area contributed by atoms with Crippen LogP contribution in [0.15, 0.2) is 22.7 Å². The molecule has 0 fully saturated rings. The van der Waals surface area contributed by atoms with Crippen LogP contribution in [0.25, 0.3) is 11.0 Å². The van der Waals surface area contributed by atoms with Gasteiger partial charge in [0, 0.05) is 10.2 Å². The number of aromatic nitrogens is 3. The summed E-state index contributed by atoms with van der Waals surface area (Å²) in [7, 11) is 0. The molecule has 0 amide bonds. The molecule has 14 heavy (non-hydrogen) atoms. The minimum absolute atomic E-state index is 0.911. The van der Waals surface area contributed by atoms with Crippen molar-refractivity contribution in [3.8, 4) is 0 Å². The molecule has 74 valence electrons. The molecule has 0 spiro atoms. The summed E-state index contributed by atoms with van der Waals surface area (Å²) < 4.78 is 3.01. The maximum Gasteiger partial charge on any atom is 0.113 e. The van der Waals surface area contributed by atoms with Gasteiger partial charge in [0.25, 0.3) is 0 Å². The van der Waals surface area contributed by atoms with Gasteiger partial charge in [0.1, 0.15) is 5.52 Å². The molecule has 0 aliphatic carbocycles. The molecule has 0 aliphatic heterocycles. The Balaban J connectivity index is 2.40. The molecular weight excluding hydrogens is 262 g/mol. The molecule has 0 bridgehead atoms. The Morgan fingerprint density at radius 3 is 3.14 bits per heavy atom. The average molecular weight is 272 g/mol. The van der Waals surface area contributed by atoms with Gasteiger partial charge in [-0.3, -0.25) is 0 Å². The maximum absolute atomic E-state index is 4.11. The van der Waals surface area contributed by atoms with E-state index in [2.05, 4.69) is 38.6 Å². The number of rotatable bonds is 3. The summed E-state index contributed by atoms with van der Waals surface area (Å²) in [5.74, 6) is 1.06. The van der Waals surface area contributed by atoms with Crippen LogP contribution in [-0.2, 0) is 6.54 Å². The largest absolute Gasteiger partial charge is 0.244 e. The van der Waals surface area contributed by atoms with E-state index < -0.39 is 0 Å². The zero-order valence-corrected chi connectivity index (χ0v) is 10.2. The van der Waals surface area contributed by atoms with E-state index in [9.17, 15) is 0 Å². The number of benzene rings is 1. The first-order valence-electron chi connectivity index (χ1n) is 4.29. The Morgan fingerprint density at radius 2 is 2.36 bits per heavy atom. The first kappa shape index (κ1) is 9.98. The second kappa shape index (κ2) is 4.31. The maximum atomic E-state index is 4.11. The number of hydrogen-bond donors (Lipinski definition) is 0. The lowest BCUT2D eigenvalue weighted by molar-refractivity contribution is 0.652. The summed E-state index contributed by atoms with van der Waals surface area (Å²) in [6.45, 7) is 0.911. The number of aryl methyl sites for hydroxylation is 1. The van der Waals surface area contributed by atoms with Gasteiger partial charge in [0.15, 0.2) is 0 Å². The van der Waals surface area contributed by atoms with Crippen LogP contribution in [-0.4, -0.2) is 27.0 Å². The smallest absolute Gasteiger partial charge is 0.113 e. The van der Waals surface area contributed by atoms with Crippen molar-refractivity contribution in [1.29, 1.82) is 0 Å². The molecule has 2 rings (SSSR count). The van der Waals surface area contributed by atoms with Crippen LogP contribution < -0.4 is 0 Å². The highest BCUT2D eigenvalue weighted by Gasteiger charge is 2.03. The van der Waals surface area contributed by atoms with E-state index in [1.165, 1.54) is 0 Å². The summed E-state index contributed by atoms with van der Waals surface area (Å²) >= 11 is 5.26. The summed E-state index contributed by atoms with van der Waals surface area (Å²) in [5, 5.41) is 8.20. The van der Waals surface area contributed by atoms with Crippen LogP contribution in [0.2, 0.25) is 0 Å². The predicted octanol–water partition coefficient (Wildman–Crippen LogP) is 2.56. The van der Waals surface area contributed by atoms with E-state index in [-0.39, 0.29) is 0 Å². The van der Waals surface area contributed by atoms with Crippen molar-refractivity contribution in [2.75, 3.05) is 12.0 Å². The van der Waals surface area contributed by atoms with Gasteiger partial charge < -0.3 is 0 Å². The molecule has 0 N–H and O–H groups in total. The van der Waals surface area contributed by atoms with Crippen molar-refractivity contribution in [2.45, 2.75) is 6.54 Å². The average Bonchev–Trinajstić information content (AvgIpc) is 2.57. The minimum Gasteiger partial charge on any atom is -0.244 e. The molecule has 3 nitrogen and oxygen atoms in total. The van der Waals surface area contributed by atoms with Gasteiger partial charge in [-0.05, 0) is 24.5 Å². The standard InChI is InChI=1S/C9H10BrN3S/c1-14-5-4-13-9-6-7(10)2-3-8(9)11-12-13/h2-3,6H,4-5H2,1H3. The Morgan fingerprint density at radius 1 is 1.50 bits per heavy atom. The van der Waals surface area contributed by atoms with Crippen LogP contribution in [0.3, 0.4) is 0 Å². The van der Waals surface area contributed by atoms with E-state index in [4.69, 9.17) is 0 Å². The summed E-state index contributed by atoms with van der Waals surface area (Å²) in [6.07, 6.45) is 2.09. The molecule has 5 heteroatoms. The van der Waals surface area contributed by atoms with Gasteiger partial charge in [-0.1, -0.05) is 21.1 Å². The van der Waals surface area contributed by atoms with E-state index in [0.29, 0.717) is 0 Å². The summed E-state index contributed by atoms with van der Waals surface area (Å²) in [5.41, 5.74) is 2.04. The van der Waals surface area contributed by atoms with Gasteiger partial charge in [-0.25, -0.2) is 4.68 Å². The zero-order valence-electron chi connectivity index (χ0n) is 7.77. The molecular formula is C9H10BrN3S. The highest BCUT2D eigenvalue weighted by Crippen LogP contribution is 2.17. The third-order valence-corrected chi connectivity index (χ3v) is 3.07. The lowest BCUT2D eigenvalue weighted by Crippen LogP contribution is -2.02. The molecule has 0 aliphatic rings. The second-order valence-electron chi connectivity index (χ2n) is 2.94. The van der Waals surface area contributed by atoms with Crippen LogP contribution >= 0.6 is 27.7 Å². The highest BCUT2D eigenvalue weighted by molar-refractivity contribution is 9.10. The Labute approximate surface area is 95.0 Å². The minimum atomic E-state index is 0.911. The van der Waals surface area contributed by atoms with Crippen LogP contribution in [0, 0.1) is 0 Å². The van der Waals surface area contributed by atoms with E-state index in [1.807, 2.05) is 28.6 Å². The number of fused-ring (bicyclic) bond motifs is 1. The molecule has 1 heterocycles. The molecule has 0 unspecified atom stereocenters. The quantitative estimate of drug-likeness (QED) is 0.860. The Kier molecular flexibility index (Phi) is 3.08. The van der Waals surface area contributed by atoms with Gasteiger partial charge in [-0.2, -0.15) is 11.8 Å². The molecule has 0 atom stereocenters. The number of nitrogens with zero attached hydrogens (tertiary/aromatic N) is 3. The van der Waals surface area contributed by atoms with Gasteiger partial charge in [0.05, 0.1) is 12.1 Å². The SMILES string of the molecule is CSCCn1nnc2ccc(Br)cc21. The molecule has 1 aromatic heterocycles. The zero-order chi connectivity index (χ0) is 9.97. The topological polar surface area (TPSA) is 30.7 Å².